The molecule has 1 amide bonds. The van der Waals surface area contributed by atoms with Gasteiger partial charge in [-0.15, -0.1) is 0 Å². The molecule has 33 heavy (non-hydrogen) atoms. The maximum absolute atomic E-state index is 13.1. The summed E-state index contributed by atoms with van der Waals surface area (Å²) in [6, 6.07) is 3.51. The van der Waals surface area contributed by atoms with Gasteiger partial charge in [-0.3, -0.25) is 4.79 Å². The predicted molar refractivity (Wildman–Crippen MR) is 116 cm³/mol. The van der Waals surface area contributed by atoms with Crippen LogP contribution in [0.5, 0.6) is 0 Å². The lowest BCUT2D eigenvalue weighted by Gasteiger charge is -2.21. The van der Waals surface area contributed by atoms with Gasteiger partial charge in [0.05, 0.1) is 23.5 Å². The van der Waals surface area contributed by atoms with Crippen molar-refractivity contribution in [3.05, 3.63) is 60.2 Å². The molecule has 0 saturated carbocycles. The van der Waals surface area contributed by atoms with Gasteiger partial charge < -0.3 is 10.6 Å². The summed E-state index contributed by atoms with van der Waals surface area (Å²) >= 11 is 0. The summed E-state index contributed by atoms with van der Waals surface area (Å²) in [6.07, 6.45) is 6.06. The molecule has 1 fully saturated rings. The zero-order valence-corrected chi connectivity index (χ0v) is 17.6. The van der Waals surface area contributed by atoms with Gasteiger partial charge in [0.15, 0.2) is 5.65 Å². The summed E-state index contributed by atoms with van der Waals surface area (Å²) < 4.78 is 42.2. The first-order chi connectivity index (χ1) is 15.9. The molecule has 11 heteroatoms. The lowest BCUT2D eigenvalue weighted by molar-refractivity contribution is -0.160. The van der Waals surface area contributed by atoms with Crippen molar-refractivity contribution in [3.63, 3.8) is 0 Å². The Bertz CT molecular complexity index is 1230. The number of piperidine rings is 1. The van der Waals surface area contributed by atoms with E-state index in [2.05, 4.69) is 25.8 Å². The molecule has 1 aliphatic heterocycles. The van der Waals surface area contributed by atoms with Crippen molar-refractivity contribution in [3.8, 4) is 0 Å². The maximum Gasteiger partial charge on any atom is 0.395 e. The second-order valence-electron chi connectivity index (χ2n) is 8.16. The number of allylic oxidation sites excluding steroid dienone is 4. The van der Waals surface area contributed by atoms with Crippen LogP contribution in [0.2, 0.25) is 0 Å². The number of aromatic nitrogens is 5. The molecule has 8 nitrogen and oxygen atoms in total. The standard InChI is InChI=1S/C22H22F3N7O/c23-22(24,25)15-2-4-16(5-3-15)32-19(12-18(30-32)14-6-9-26-10-7-14)29-21(33)17-13-28-31-11-1-8-27-20(17)31/h1-2,4-5,8,11-15,26H,3,6-7,9-10H2,(H,29,33). The van der Waals surface area contributed by atoms with E-state index in [4.69, 9.17) is 0 Å². The SMILES string of the molecule is O=C(Nc1cc(C2CCNCC2)nn1C1=CCC(C(F)(F)F)C=C1)c1cnn2cccnc12. The Kier molecular flexibility index (Phi) is 5.49. The maximum atomic E-state index is 13.1. The van der Waals surface area contributed by atoms with Crippen molar-refractivity contribution in [2.24, 2.45) is 5.92 Å². The Morgan fingerprint density at radius 2 is 2.06 bits per heavy atom. The van der Waals surface area contributed by atoms with Crippen LogP contribution in [0.25, 0.3) is 11.3 Å². The highest BCUT2D eigenvalue weighted by Crippen LogP contribution is 2.35. The van der Waals surface area contributed by atoms with Gasteiger partial charge in [0, 0.05) is 24.4 Å². The van der Waals surface area contributed by atoms with E-state index < -0.39 is 18.0 Å². The molecule has 172 valence electrons. The van der Waals surface area contributed by atoms with Gasteiger partial charge >= 0.3 is 6.18 Å². The zero-order chi connectivity index (χ0) is 23.0. The fourth-order valence-corrected chi connectivity index (χ4v) is 4.18. The van der Waals surface area contributed by atoms with Crippen molar-refractivity contribution < 1.29 is 18.0 Å². The third-order valence-corrected chi connectivity index (χ3v) is 6.00. The number of amides is 1. The third-order valence-electron chi connectivity index (χ3n) is 6.00. The third kappa shape index (κ3) is 4.28. The number of carbonyl (C=O) groups is 1. The van der Waals surface area contributed by atoms with Gasteiger partial charge in [0.25, 0.3) is 5.91 Å². The van der Waals surface area contributed by atoms with Crippen LogP contribution < -0.4 is 10.6 Å². The number of anilines is 1. The van der Waals surface area contributed by atoms with Crippen LogP contribution in [0.3, 0.4) is 0 Å². The number of hydrogen-bond acceptors (Lipinski definition) is 5. The van der Waals surface area contributed by atoms with Crippen molar-refractivity contribution in [2.45, 2.75) is 31.4 Å². The molecule has 0 radical (unpaired) electrons. The molecule has 3 aromatic rings. The minimum absolute atomic E-state index is 0.177. The van der Waals surface area contributed by atoms with E-state index in [0.29, 0.717) is 17.2 Å². The second-order valence-corrected chi connectivity index (χ2v) is 8.16. The number of nitrogens with zero attached hydrogens (tertiary/aromatic N) is 5. The van der Waals surface area contributed by atoms with Crippen LogP contribution in [0.4, 0.5) is 19.0 Å². The molecule has 5 rings (SSSR count). The van der Waals surface area contributed by atoms with Crippen molar-refractivity contribution in [2.75, 3.05) is 18.4 Å². The first kappa shape index (κ1) is 21.4. The van der Waals surface area contributed by atoms with Gasteiger partial charge in [0.1, 0.15) is 11.4 Å². The molecule has 0 bridgehead atoms. The Morgan fingerprint density at radius 1 is 1.24 bits per heavy atom. The average molecular weight is 457 g/mol. The molecular formula is C22H22F3N7O. The number of alkyl halides is 3. The Labute approximate surface area is 187 Å². The van der Waals surface area contributed by atoms with Crippen LogP contribution in [0.15, 0.2) is 49.0 Å². The number of fused-ring (bicyclic) bond motifs is 1. The van der Waals surface area contributed by atoms with Crippen molar-refractivity contribution >= 4 is 23.1 Å². The van der Waals surface area contributed by atoms with E-state index in [0.717, 1.165) is 37.7 Å². The van der Waals surface area contributed by atoms with E-state index in [1.807, 2.05) is 0 Å². The van der Waals surface area contributed by atoms with Gasteiger partial charge in [-0.2, -0.15) is 23.4 Å². The largest absolute Gasteiger partial charge is 0.395 e. The van der Waals surface area contributed by atoms with Crippen molar-refractivity contribution in [1.29, 1.82) is 0 Å². The zero-order valence-electron chi connectivity index (χ0n) is 17.6. The quantitative estimate of drug-likeness (QED) is 0.625. The number of carbonyl (C=O) groups excluding carboxylic acids is 1. The van der Waals surface area contributed by atoms with E-state index >= 15 is 0 Å². The fourth-order valence-electron chi connectivity index (χ4n) is 4.18. The van der Waals surface area contributed by atoms with Crippen LogP contribution in [-0.4, -0.2) is 49.6 Å². The van der Waals surface area contributed by atoms with E-state index in [9.17, 15) is 18.0 Å². The molecule has 2 N–H and O–H groups in total. The topological polar surface area (TPSA) is 89.1 Å². The minimum Gasteiger partial charge on any atom is -0.317 e. The Hall–Kier alpha value is -3.47. The highest BCUT2D eigenvalue weighted by molar-refractivity contribution is 6.08. The summed E-state index contributed by atoms with van der Waals surface area (Å²) in [5, 5.41) is 15.0. The van der Waals surface area contributed by atoms with E-state index in [-0.39, 0.29) is 17.9 Å². The number of rotatable bonds is 4. The van der Waals surface area contributed by atoms with E-state index in [1.165, 1.54) is 27.5 Å². The molecule has 0 aromatic carbocycles. The lowest BCUT2D eigenvalue weighted by Crippen LogP contribution is -2.26. The van der Waals surface area contributed by atoms with Gasteiger partial charge in [0.2, 0.25) is 0 Å². The molecule has 0 spiro atoms. The van der Waals surface area contributed by atoms with Crippen LogP contribution >= 0.6 is 0 Å². The summed E-state index contributed by atoms with van der Waals surface area (Å²) in [7, 11) is 0. The van der Waals surface area contributed by atoms with Crippen molar-refractivity contribution in [1.82, 2.24) is 29.7 Å². The smallest absolute Gasteiger partial charge is 0.317 e. The second kappa shape index (κ2) is 8.47. The molecule has 1 atom stereocenters. The number of hydrogen-bond donors (Lipinski definition) is 2. The fraction of sp³-hybridized carbons (Fsp3) is 0.364. The molecule has 1 saturated heterocycles. The molecule has 4 heterocycles. The van der Waals surface area contributed by atoms with Crippen LogP contribution in [-0.2, 0) is 0 Å². The normalized spacial score (nSPS) is 19.6. The first-order valence-corrected chi connectivity index (χ1v) is 10.8. The molecule has 3 aromatic heterocycles. The summed E-state index contributed by atoms with van der Waals surface area (Å²) in [5.41, 5.74) is 1.99. The molecule has 1 unspecified atom stereocenters. The van der Waals surface area contributed by atoms with Gasteiger partial charge in [-0.1, -0.05) is 12.2 Å². The molecular weight excluding hydrogens is 435 g/mol. The summed E-state index contributed by atoms with van der Waals surface area (Å²) in [4.78, 5) is 17.3. The first-order valence-electron chi connectivity index (χ1n) is 10.8. The Morgan fingerprint density at radius 3 is 2.79 bits per heavy atom. The minimum atomic E-state index is -4.30. The monoisotopic (exact) mass is 457 g/mol. The summed E-state index contributed by atoms with van der Waals surface area (Å²) in [5.74, 6) is -1.35. The predicted octanol–water partition coefficient (Wildman–Crippen LogP) is 3.62. The highest BCUT2D eigenvalue weighted by atomic mass is 19.4. The van der Waals surface area contributed by atoms with Crippen LogP contribution in [0.1, 0.15) is 41.2 Å². The van der Waals surface area contributed by atoms with Gasteiger partial charge in [-0.05, 0) is 44.5 Å². The number of nitrogens with one attached hydrogen (secondary N) is 2. The average Bonchev–Trinajstić information content (AvgIpc) is 3.44. The highest BCUT2D eigenvalue weighted by Gasteiger charge is 2.38. The van der Waals surface area contributed by atoms with E-state index in [1.54, 1.807) is 24.5 Å². The summed E-state index contributed by atoms with van der Waals surface area (Å²) in [6.45, 7) is 1.73. The lowest BCUT2D eigenvalue weighted by atomic mass is 9.95. The van der Waals surface area contributed by atoms with Gasteiger partial charge in [-0.25, -0.2) is 14.2 Å². The molecule has 1 aliphatic carbocycles. The Balaban J connectivity index is 1.46. The number of halogens is 3. The molecule has 2 aliphatic rings. The van der Waals surface area contributed by atoms with Crippen LogP contribution in [0, 0.1) is 5.92 Å².